The van der Waals surface area contributed by atoms with E-state index in [9.17, 15) is 8.42 Å². The molecule has 0 fully saturated rings. The van der Waals surface area contributed by atoms with Gasteiger partial charge in [-0.25, -0.2) is 28.4 Å². The van der Waals surface area contributed by atoms with Gasteiger partial charge in [0.1, 0.15) is 28.1 Å². The minimum atomic E-state index is -3.79. The number of aromatic nitrogens is 4. The molecule has 41 heavy (non-hydrogen) atoms. The van der Waals surface area contributed by atoms with Crippen molar-refractivity contribution >= 4 is 79.9 Å². The first-order valence-electron chi connectivity index (χ1n) is 11.6. The highest BCUT2D eigenvalue weighted by Crippen LogP contribution is 2.34. The van der Waals surface area contributed by atoms with E-state index in [-0.39, 0.29) is 11.0 Å². The Bertz CT molecular complexity index is 1750. The van der Waals surface area contributed by atoms with Crippen LogP contribution < -0.4 is 4.72 Å². The molecule has 0 spiro atoms. The third-order valence-corrected chi connectivity index (χ3v) is 7.64. The molecule has 208 valence electrons. The van der Waals surface area contributed by atoms with E-state index in [0.29, 0.717) is 37.0 Å². The van der Waals surface area contributed by atoms with Crippen molar-refractivity contribution in [1.82, 2.24) is 19.9 Å². The summed E-state index contributed by atoms with van der Waals surface area (Å²) in [5.74, 6) is 0.0880. The highest BCUT2D eigenvalue weighted by atomic mass is 35.5. The third kappa shape index (κ3) is 8.63. The summed E-state index contributed by atoms with van der Waals surface area (Å²) in [6.45, 7) is 0. The van der Waals surface area contributed by atoms with Crippen LogP contribution in [0.15, 0.2) is 96.9 Å². The molecule has 0 atom stereocenters. The van der Waals surface area contributed by atoms with Crippen LogP contribution in [-0.4, -0.2) is 28.4 Å². The van der Waals surface area contributed by atoms with Gasteiger partial charge in [0, 0.05) is 10.0 Å². The zero-order valence-electron chi connectivity index (χ0n) is 20.7. The van der Waals surface area contributed by atoms with Crippen molar-refractivity contribution in [2.24, 2.45) is 0 Å². The molecule has 0 aliphatic rings. The van der Waals surface area contributed by atoms with Crippen LogP contribution in [0.2, 0.25) is 25.5 Å². The number of nitrogens with one attached hydrogen (secondary N) is 1. The van der Waals surface area contributed by atoms with Gasteiger partial charge in [0.2, 0.25) is 0 Å². The summed E-state index contributed by atoms with van der Waals surface area (Å²) < 4.78 is 27.2. The van der Waals surface area contributed by atoms with Gasteiger partial charge in [-0.1, -0.05) is 113 Å². The van der Waals surface area contributed by atoms with Gasteiger partial charge in [-0.05, 0) is 47.0 Å². The second kappa shape index (κ2) is 14.1. The van der Waals surface area contributed by atoms with Crippen LogP contribution in [0, 0.1) is 0 Å². The van der Waals surface area contributed by atoms with Crippen LogP contribution >= 0.6 is 58.0 Å². The average molecular weight is 666 g/mol. The van der Waals surface area contributed by atoms with Crippen LogP contribution in [0.1, 0.15) is 5.56 Å². The molecule has 5 aromatic rings. The maximum atomic E-state index is 12.4. The maximum Gasteiger partial charge on any atom is 0.256 e. The zero-order valence-corrected chi connectivity index (χ0v) is 25.3. The van der Waals surface area contributed by atoms with Crippen LogP contribution in [0.25, 0.3) is 28.3 Å². The Morgan fingerprint density at radius 2 is 1.05 bits per heavy atom. The highest BCUT2D eigenvalue weighted by Gasteiger charge is 2.16. The van der Waals surface area contributed by atoms with Crippen molar-refractivity contribution in [3.8, 4) is 22.3 Å². The van der Waals surface area contributed by atoms with E-state index in [4.69, 9.17) is 58.0 Å². The molecule has 0 radical (unpaired) electrons. The van der Waals surface area contributed by atoms with E-state index >= 15 is 0 Å². The summed E-state index contributed by atoms with van der Waals surface area (Å²) in [6.07, 6.45) is 4.01. The molecule has 1 N–H and O–H groups in total. The fraction of sp³-hybridized carbons (Fsp3) is 0. The van der Waals surface area contributed by atoms with Gasteiger partial charge in [-0.2, -0.15) is 0 Å². The van der Waals surface area contributed by atoms with E-state index in [0.717, 1.165) is 16.5 Å². The lowest BCUT2D eigenvalue weighted by atomic mass is 10.1. The summed E-state index contributed by atoms with van der Waals surface area (Å²) in [4.78, 5) is 15.7. The predicted molar refractivity (Wildman–Crippen MR) is 168 cm³/mol. The number of anilines is 1. The number of hydrogen-bond acceptors (Lipinski definition) is 6. The number of benzene rings is 3. The number of sulfonamides is 1. The topological polar surface area (TPSA) is 97.7 Å². The second-order valence-corrected chi connectivity index (χ2v) is 11.6. The molecule has 0 unspecified atom stereocenters. The Morgan fingerprint density at radius 1 is 0.585 bits per heavy atom. The van der Waals surface area contributed by atoms with Crippen molar-refractivity contribution in [3.63, 3.8) is 0 Å². The first-order valence-corrected chi connectivity index (χ1v) is 15.0. The standard InChI is InChI=1S/C18H13Cl2N3O2S.C10H5Cl3N2/c19-15-8-6-14(7-9-15)16-17(20)21-12-22-18(16)23-26(24,25)11-10-13-4-2-1-3-5-13;11-7-3-1-6(2-4-7)8-9(12)14-5-15-10(8)13/h1-12H,(H,21,22,23);1-5H/b11-10+;. The minimum absolute atomic E-state index is 0.0880. The van der Waals surface area contributed by atoms with E-state index in [1.54, 1.807) is 48.5 Å². The minimum Gasteiger partial charge on any atom is -0.263 e. The highest BCUT2D eigenvalue weighted by molar-refractivity contribution is 7.95. The SMILES string of the molecule is Clc1ccc(-c2c(Cl)ncnc2Cl)cc1.O=S(=O)(/C=C/c1ccccc1)Nc1ncnc(Cl)c1-c1ccc(Cl)cc1. The first kappa shape index (κ1) is 30.7. The fourth-order valence-electron chi connectivity index (χ4n) is 3.41. The van der Waals surface area contributed by atoms with Crippen molar-refractivity contribution in [1.29, 1.82) is 0 Å². The van der Waals surface area contributed by atoms with Crippen molar-refractivity contribution in [2.45, 2.75) is 0 Å². The van der Waals surface area contributed by atoms with Crippen LogP contribution in [0.4, 0.5) is 5.82 Å². The maximum absolute atomic E-state index is 12.4. The zero-order chi connectivity index (χ0) is 29.4. The summed E-state index contributed by atoms with van der Waals surface area (Å²) in [5.41, 5.74) is 3.25. The molecule has 0 amide bonds. The Balaban J connectivity index is 0.000000218. The monoisotopic (exact) mass is 663 g/mol. The fourth-order valence-corrected chi connectivity index (χ4v) is 5.27. The molecular weight excluding hydrogens is 648 g/mol. The Morgan fingerprint density at radius 3 is 1.59 bits per heavy atom. The molecule has 2 heterocycles. The van der Waals surface area contributed by atoms with Gasteiger partial charge < -0.3 is 0 Å². The molecule has 7 nitrogen and oxygen atoms in total. The lowest BCUT2D eigenvalue weighted by Crippen LogP contribution is -2.11. The molecule has 0 aliphatic heterocycles. The molecule has 13 heteroatoms. The van der Waals surface area contributed by atoms with Gasteiger partial charge in [0.05, 0.1) is 16.5 Å². The molecule has 0 saturated heterocycles. The molecule has 5 rings (SSSR count). The summed E-state index contributed by atoms with van der Waals surface area (Å²) in [5, 5.41) is 3.07. The second-order valence-electron chi connectivity index (χ2n) is 8.09. The molecule has 3 aromatic carbocycles. The van der Waals surface area contributed by atoms with E-state index < -0.39 is 10.0 Å². The molecule has 2 aromatic heterocycles. The van der Waals surface area contributed by atoms with Crippen molar-refractivity contribution < 1.29 is 8.42 Å². The molecule has 0 aliphatic carbocycles. The predicted octanol–water partition coefficient (Wildman–Crippen LogP) is 8.97. The summed E-state index contributed by atoms with van der Waals surface area (Å²) in [6, 6.07) is 23.0. The van der Waals surface area contributed by atoms with Crippen LogP contribution in [0.5, 0.6) is 0 Å². The lowest BCUT2D eigenvalue weighted by Gasteiger charge is -2.11. The van der Waals surface area contributed by atoms with E-state index in [1.165, 1.54) is 18.7 Å². The van der Waals surface area contributed by atoms with Gasteiger partial charge >= 0.3 is 0 Å². The van der Waals surface area contributed by atoms with Gasteiger partial charge in [-0.3, -0.25) is 4.72 Å². The van der Waals surface area contributed by atoms with Crippen LogP contribution in [0.3, 0.4) is 0 Å². The first-order chi connectivity index (χ1) is 19.6. The van der Waals surface area contributed by atoms with Gasteiger partial charge in [-0.15, -0.1) is 0 Å². The number of nitrogens with zero attached hydrogens (tertiary/aromatic N) is 4. The van der Waals surface area contributed by atoms with Crippen LogP contribution in [-0.2, 0) is 10.0 Å². The van der Waals surface area contributed by atoms with Crippen molar-refractivity contribution in [2.75, 3.05) is 4.72 Å². The van der Waals surface area contributed by atoms with E-state index in [1.807, 2.05) is 30.3 Å². The third-order valence-electron chi connectivity index (χ3n) is 5.30. The Kier molecular flexibility index (Phi) is 10.6. The smallest absolute Gasteiger partial charge is 0.256 e. The lowest BCUT2D eigenvalue weighted by molar-refractivity contribution is 0.609. The summed E-state index contributed by atoms with van der Waals surface area (Å²) >= 11 is 29.7. The van der Waals surface area contributed by atoms with Gasteiger partial charge in [0.25, 0.3) is 10.0 Å². The quantitative estimate of drug-likeness (QED) is 0.182. The van der Waals surface area contributed by atoms with Gasteiger partial charge in [0.15, 0.2) is 5.82 Å². The largest absolute Gasteiger partial charge is 0.263 e. The van der Waals surface area contributed by atoms with E-state index in [2.05, 4.69) is 24.7 Å². The van der Waals surface area contributed by atoms with Crippen molar-refractivity contribution in [3.05, 3.63) is 128 Å². The average Bonchev–Trinajstić information content (AvgIpc) is 2.95. The number of halogens is 5. The summed E-state index contributed by atoms with van der Waals surface area (Å²) in [7, 11) is -3.79. The Labute approximate surface area is 261 Å². The number of hydrogen-bond donors (Lipinski definition) is 1. The Hall–Kier alpha value is -3.24. The normalized spacial score (nSPS) is 11.1. The number of rotatable bonds is 6. The molecule has 0 bridgehead atoms. The molecular formula is C28H18Cl5N5O2S. The molecule has 0 saturated carbocycles.